The minimum absolute atomic E-state index is 0.434. The van der Waals surface area contributed by atoms with E-state index in [1.807, 2.05) is 0 Å². The summed E-state index contributed by atoms with van der Waals surface area (Å²) >= 11 is 0. The molecule has 0 aliphatic carbocycles. The predicted octanol–water partition coefficient (Wildman–Crippen LogP) is 8.63. The maximum absolute atomic E-state index is 5.17. The number of rotatable bonds is 12. The lowest BCUT2D eigenvalue weighted by atomic mass is 9.93. The first kappa shape index (κ1) is 26.2. The van der Waals surface area contributed by atoms with E-state index in [2.05, 4.69) is 101 Å². The molecule has 0 aliphatic rings. The van der Waals surface area contributed by atoms with E-state index in [0.717, 1.165) is 30.8 Å². The number of benzene rings is 2. The number of aromatic nitrogens is 1. The van der Waals surface area contributed by atoms with Crippen LogP contribution in [0.3, 0.4) is 0 Å². The van der Waals surface area contributed by atoms with Crippen LogP contribution in [-0.4, -0.2) is 16.9 Å². The average molecular weight is 457 g/mol. The Morgan fingerprint density at radius 1 is 0.824 bits per heavy atom. The molecule has 0 spiro atoms. The molecule has 2 heteroatoms. The molecule has 2 nitrogen and oxygen atoms in total. The second-order valence-corrected chi connectivity index (χ2v) is 9.74. The maximum atomic E-state index is 5.17. The van der Waals surface area contributed by atoms with Crippen LogP contribution in [0.4, 0.5) is 0 Å². The molecule has 1 atom stereocenters. The first-order valence-electron chi connectivity index (χ1n) is 13.3. The molecule has 0 saturated heterocycles. The molecule has 0 fully saturated rings. The Bertz CT molecular complexity index is 993. The van der Waals surface area contributed by atoms with Gasteiger partial charge < -0.3 is 0 Å². The van der Waals surface area contributed by atoms with Crippen LogP contribution in [0.25, 0.3) is 11.3 Å². The topological polar surface area (TPSA) is 16.1 Å². The van der Waals surface area contributed by atoms with Gasteiger partial charge in [0.05, 0.1) is 5.69 Å². The van der Waals surface area contributed by atoms with Crippen LogP contribution in [0.15, 0.2) is 54.6 Å². The molecule has 0 bridgehead atoms. The fraction of sp³-hybridized carbons (Fsp3) is 0.469. The zero-order valence-electron chi connectivity index (χ0n) is 22.3. The van der Waals surface area contributed by atoms with Gasteiger partial charge in [-0.3, -0.25) is 9.88 Å². The Kier molecular flexibility index (Phi) is 9.89. The van der Waals surface area contributed by atoms with Crippen molar-refractivity contribution in [3.05, 3.63) is 88.1 Å². The zero-order valence-corrected chi connectivity index (χ0v) is 22.3. The molecular formula is C32H44N2. The Hall–Kier alpha value is -2.45. The summed E-state index contributed by atoms with van der Waals surface area (Å²) in [6.07, 6.45) is 8.47. The molecule has 0 saturated carbocycles. The van der Waals surface area contributed by atoms with E-state index >= 15 is 0 Å². The number of aryl methyl sites for hydroxylation is 4. The van der Waals surface area contributed by atoms with E-state index in [9.17, 15) is 0 Å². The van der Waals surface area contributed by atoms with Gasteiger partial charge in [-0.1, -0.05) is 95.0 Å². The fourth-order valence-electron chi connectivity index (χ4n) is 5.24. The lowest BCUT2D eigenvalue weighted by molar-refractivity contribution is 0.219. The quantitative estimate of drug-likeness (QED) is 0.254. The normalized spacial score (nSPS) is 12.3. The van der Waals surface area contributed by atoms with Gasteiger partial charge in [-0.25, -0.2) is 0 Å². The lowest BCUT2D eigenvalue weighted by Gasteiger charge is -2.30. The molecule has 0 amide bonds. The summed E-state index contributed by atoms with van der Waals surface area (Å²) in [4.78, 5) is 7.70. The molecule has 0 aliphatic heterocycles. The Morgan fingerprint density at radius 2 is 1.50 bits per heavy atom. The summed E-state index contributed by atoms with van der Waals surface area (Å²) in [5.74, 6) is 0. The van der Waals surface area contributed by atoms with Gasteiger partial charge in [0, 0.05) is 23.8 Å². The highest BCUT2D eigenvalue weighted by molar-refractivity contribution is 5.69. The van der Waals surface area contributed by atoms with Crippen molar-refractivity contribution in [1.29, 1.82) is 0 Å². The Morgan fingerprint density at radius 3 is 2.09 bits per heavy atom. The van der Waals surface area contributed by atoms with Gasteiger partial charge in [0.1, 0.15) is 0 Å². The first-order chi connectivity index (χ1) is 16.5. The van der Waals surface area contributed by atoms with Crippen LogP contribution in [0, 0.1) is 13.8 Å². The average Bonchev–Trinajstić information content (AvgIpc) is 2.86. The molecule has 0 radical (unpaired) electrons. The van der Waals surface area contributed by atoms with E-state index in [1.54, 1.807) is 0 Å². The maximum Gasteiger partial charge on any atom is 0.0713 e. The third-order valence-electron chi connectivity index (χ3n) is 7.26. The molecule has 0 N–H and O–H groups in total. The number of hydrogen-bond donors (Lipinski definition) is 0. The highest BCUT2D eigenvalue weighted by Crippen LogP contribution is 2.32. The summed E-state index contributed by atoms with van der Waals surface area (Å²) in [7, 11) is 2.28. The van der Waals surface area contributed by atoms with Gasteiger partial charge in [0.25, 0.3) is 0 Å². The van der Waals surface area contributed by atoms with Crippen LogP contribution in [0.2, 0.25) is 0 Å². The summed E-state index contributed by atoms with van der Waals surface area (Å²) < 4.78 is 0. The standard InChI is InChI=1S/C32H44N2/c1-7-10-11-15-21-31(28-17-13-12-14-18-28)34(6)23-29-24(4)22-30(33-25(29)5)32-26(8-2)19-16-20-27(32)9-3/h12-14,16-20,22,31H,7-11,15,21,23H2,1-6H3. The Labute approximate surface area is 208 Å². The van der Waals surface area contributed by atoms with E-state index in [1.165, 1.54) is 65.5 Å². The second kappa shape index (κ2) is 12.9. The van der Waals surface area contributed by atoms with Crippen molar-refractivity contribution in [3.8, 4) is 11.3 Å². The van der Waals surface area contributed by atoms with Crippen molar-refractivity contribution in [1.82, 2.24) is 9.88 Å². The largest absolute Gasteiger partial charge is 0.295 e. The summed E-state index contributed by atoms with van der Waals surface area (Å²) in [6, 6.07) is 20.5. The van der Waals surface area contributed by atoms with Gasteiger partial charge in [-0.2, -0.15) is 0 Å². The Balaban J connectivity index is 1.89. The number of unbranched alkanes of at least 4 members (excludes halogenated alkanes) is 3. The molecule has 3 rings (SSSR count). The van der Waals surface area contributed by atoms with Crippen LogP contribution in [0.5, 0.6) is 0 Å². The summed E-state index contributed by atoms with van der Waals surface area (Å²) in [5.41, 5.74) is 10.6. The van der Waals surface area contributed by atoms with Gasteiger partial charge in [0.15, 0.2) is 0 Å². The number of pyridine rings is 1. The van der Waals surface area contributed by atoms with Gasteiger partial charge >= 0.3 is 0 Å². The molecule has 182 valence electrons. The van der Waals surface area contributed by atoms with E-state index in [-0.39, 0.29) is 0 Å². The van der Waals surface area contributed by atoms with E-state index < -0.39 is 0 Å². The second-order valence-electron chi connectivity index (χ2n) is 9.74. The smallest absolute Gasteiger partial charge is 0.0713 e. The highest BCUT2D eigenvalue weighted by atomic mass is 15.1. The molecule has 1 aromatic heterocycles. The van der Waals surface area contributed by atoms with Gasteiger partial charge in [-0.05, 0) is 74.0 Å². The molecule has 3 aromatic rings. The van der Waals surface area contributed by atoms with Gasteiger partial charge in [0.2, 0.25) is 0 Å². The van der Waals surface area contributed by atoms with Crippen molar-refractivity contribution in [2.75, 3.05) is 7.05 Å². The first-order valence-corrected chi connectivity index (χ1v) is 13.3. The van der Waals surface area contributed by atoms with Crippen LogP contribution < -0.4 is 0 Å². The van der Waals surface area contributed by atoms with Crippen molar-refractivity contribution in [2.45, 2.75) is 92.2 Å². The number of hydrogen-bond acceptors (Lipinski definition) is 2. The minimum atomic E-state index is 0.434. The van der Waals surface area contributed by atoms with Crippen LogP contribution in [-0.2, 0) is 19.4 Å². The van der Waals surface area contributed by atoms with Crippen LogP contribution in [0.1, 0.15) is 92.4 Å². The number of nitrogens with zero attached hydrogens (tertiary/aromatic N) is 2. The molecule has 34 heavy (non-hydrogen) atoms. The van der Waals surface area contributed by atoms with Gasteiger partial charge in [-0.15, -0.1) is 0 Å². The molecular weight excluding hydrogens is 412 g/mol. The third-order valence-corrected chi connectivity index (χ3v) is 7.26. The third kappa shape index (κ3) is 6.36. The molecule has 2 aromatic carbocycles. The van der Waals surface area contributed by atoms with Crippen molar-refractivity contribution in [2.24, 2.45) is 0 Å². The highest BCUT2D eigenvalue weighted by Gasteiger charge is 2.20. The van der Waals surface area contributed by atoms with Crippen molar-refractivity contribution >= 4 is 0 Å². The predicted molar refractivity (Wildman–Crippen MR) is 147 cm³/mol. The van der Waals surface area contributed by atoms with E-state index in [4.69, 9.17) is 4.98 Å². The fourth-order valence-corrected chi connectivity index (χ4v) is 5.24. The molecule has 1 heterocycles. The molecule has 1 unspecified atom stereocenters. The minimum Gasteiger partial charge on any atom is -0.295 e. The summed E-state index contributed by atoms with van der Waals surface area (Å²) in [6.45, 7) is 12.1. The monoisotopic (exact) mass is 456 g/mol. The van der Waals surface area contributed by atoms with E-state index in [0.29, 0.717) is 6.04 Å². The lowest BCUT2D eigenvalue weighted by Crippen LogP contribution is -2.25. The SMILES string of the molecule is CCCCCCC(c1ccccc1)N(C)Cc1c(C)cc(-c2c(CC)cccc2CC)nc1C. The zero-order chi connectivity index (χ0) is 24.5. The van der Waals surface area contributed by atoms with Crippen LogP contribution >= 0.6 is 0 Å². The summed E-state index contributed by atoms with van der Waals surface area (Å²) in [5, 5.41) is 0. The van der Waals surface area contributed by atoms with Crippen molar-refractivity contribution < 1.29 is 0 Å². The van der Waals surface area contributed by atoms with Crippen molar-refractivity contribution in [3.63, 3.8) is 0 Å².